The van der Waals surface area contributed by atoms with E-state index in [1.54, 1.807) is 11.0 Å². The van der Waals surface area contributed by atoms with Gasteiger partial charge < -0.3 is 15.5 Å². The number of benzene rings is 1. The molecule has 2 aromatic rings. The number of anilines is 1. The zero-order valence-corrected chi connectivity index (χ0v) is 14.3. The number of rotatable bonds is 5. The maximum Gasteiger partial charge on any atom is 0.315 e. The Hall–Kier alpha value is -2.28. The van der Waals surface area contributed by atoms with Crippen molar-refractivity contribution in [3.63, 3.8) is 0 Å². The van der Waals surface area contributed by atoms with E-state index in [4.69, 9.17) is 11.6 Å². The predicted octanol–water partition coefficient (Wildman–Crippen LogP) is 1.90. The Morgan fingerprint density at radius 2 is 2.38 bits per heavy atom. The van der Waals surface area contributed by atoms with Gasteiger partial charge in [-0.2, -0.15) is 5.10 Å². The Balaban J connectivity index is 1.45. The van der Waals surface area contributed by atoms with Gasteiger partial charge >= 0.3 is 6.03 Å². The van der Waals surface area contributed by atoms with E-state index in [1.165, 1.54) is 6.33 Å². The molecule has 3 rings (SSSR count). The molecule has 1 aromatic carbocycles. The van der Waals surface area contributed by atoms with Gasteiger partial charge in [-0.3, -0.25) is 4.68 Å². The Bertz CT molecular complexity index is 677. The van der Waals surface area contributed by atoms with E-state index in [1.807, 2.05) is 31.2 Å². The average Bonchev–Trinajstić information content (AvgIpc) is 3.19. The van der Waals surface area contributed by atoms with Crippen molar-refractivity contribution in [1.29, 1.82) is 0 Å². The molecule has 0 unspecified atom stereocenters. The van der Waals surface area contributed by atoms with Crippen LogP contribution in [0.3, 0.4) is 0 Å². The largest absolute Gasteiger partial charge is 0.369 e. The summed E-state index contributed by atoms with van der Waals surface area (Å²) in [4.78, 5) is 18.2. The molecule has 1 aliphatic rings. The number of halogens is 1. The summed E-state index contributed by atoms with van der Waals surface area (Å²) in [5.74, 6) is 0. The molecule has 2 atom stereocenters. The van der Waals surface area contributed by atoms with Gasteiger partial charge in [0.25, 0.3) is 0 Å². The molecule has 1 saturated heterocycles. The highest BCUT2D eigenvalue weighted by Crippen LogP contribution is 2.23. The number of nitrogens with zero attached hydrogens (tertiary/aromatic N) is 4. The SMILES string of the molecule is C[C@H](Cn1cncn1)NC(=O)N[C@@H]1CCN(c2cccc(Cl)c2)C1. The van der Waals surface area contributed by atoms with Crippen LogP contribution in [0.4, 0.5) is 10.5 Å². The first-order valence-electron chi connectivity index (χ1n) is 8.00. The average molecular weight is 349 g/mol. The van der Waals surface area contributed by atoms with Gasteiger partial charge in [0.15, 0.2) is 0 Å². The van der Waals surface area contributed by atoms with E-state index in [0.717, 1.165) is 30.2 Å². The number of urea groups is 1. The Morgan fingerprint density at radius 3 is 3.12 bits per heavy atom. The molecule has 0 radical (unpaired) electrons. The molecule has 0 saturated carbocycles. The number of nitrogens with one attached hydrogen (secondary N) is 2. The minimum Gasteiger partial charge on any atom is -0.369 e. The van der Waals surface area contributed by atoms with Gasteiger partial charge in [0.05, 0.1) is 6.54 Å². The Labute approximate surface area is 146 Å². The first-order valence-corrected chi connectivity index (χ1v) is 8.38. The number of hydrogen-bond acceptors (Lipinski definition) is 4. The van der Waals surface area contributed by atoms with Crippen LogP contribution in [0, 0.1) is 0 Å². The lowest BCUT2D eigenvalue weighted by Crippen LogP contribution is -2.47. The summed E-state index contributed by atoms with van der Waals surface area (Å²) in [6.07, 6.45) is 4.03. The van der Waals surface area contributed by atoms with Crippen LogP contribution in [0.15, 0.2) is 36.9 Å². The maximum atomic E-state index is 12.1. The normalized spacial score (nSPS) is 18.4. The second-order valence-corrected chi connectivity index (χ2v) is 6.48. The second kappa shape index (κ2) is 7.53. The molecule has 24 heavy (non-hydrogen) atoms. The summed E-state index contributed by atoms with van der Waals surface area (Å²) in [5.41, 5.74) is 1.09. The van der Waals surface area contributed by atoms with Crippen molar-refractivity contribution in [1.82, 2.24) is 25.4 Å². The number of hydrogen-bond donors (Lipinski definition) is 2. The number of aromatic nitrogens is 3. The van der Waals surface area contributed by atoms with E-state index in [9.17, 15) is 4.79 Å². The van der Waals surface area contributed by atoms with Crippen molar-refractivity contribution in [2.75, 3.05) is 18.0 Å². The Morgan fingerprint density at radius 1 is 1.50 bits per heavy atom. The highest BCUT2D eigenvalue weighted by atomic mass is 35.5. The van der Waals surface area contributed by atoms with Gasteiger partial charge in [-0.05, 0) is 31.5 Å². The van der Waals surface area contributed by atoms with E-state index in [2.05, 4.69) is 25.6 Å². The Kier molecular flexibility index (Phi) is 5.20. The highest BCUT2D eigenvalue weighted by molar-refractivity contribution is 6.30. The van der Waals surface area contributed by atoms with E-state index in [0.29, 0.717) is 6.54 Å². The fourth-order valence-corrected chi connectivity index (χ4v) is 3.07. The lowest BCUT2D eigenvalue weighted by Gasteiger charge is -2.20. The molecule has 2 amide bonds. The van der Waals surface area contributed by atoms with Gasteiger partial charge in [-0.25, -0.2) is 9.78 Å². The first kappa shape index (κ1) is 16.6. The zero-order chi connectivity index (χ0) is 16.9. The standard InChI is InChI=1S/C16H21ClN6O/c1-12(8-23-11-18-10-19-23)20-16(24)21-14-5-6-22(9-14)15-4-2-3-13(17)7-15/h2-4,7,10-12,14H,5-6,8-9H2,1H3,(H2,20,21,24)/t12-,14-/m1/s1. The van der Waals surface area contributed by atoms with Crippen LogP contribution in [-0.4, -0.2) is 46.0 Å². The monoisotopic (exact) mass is 348 g/mol. The summed E-state index contributed by atoms with van der Waals surface area (Å²) in [5, 5.41) is 10.7. The molecular formula is C16H21ClN6O. The fraction of sp³-hybridized carbons (Fsp3) is 0.438. The molecule has 1 aliphatic heterocycles. The van der Waals surface area contributed by atoms with Crippen molar-refractivity contribution in [2.24, 2.45) is 0 Å². The fourth-order valence-electron chi connectivity index (χ4n) is 2.89. The smallest absolute Gasteiger partial charge is 0.315 e. The van der Waals surface area contributed by atoms with Crippen molar-refractivity contribution in [2.45, 2.75) is 32.0 Å². The van der Waals surface area contributed by atoms with Crippen molar-refractivity contribution in [3.8, 4) is 0 Å². The van der Waals surface area contributed by atoms with Crippen LogP contribution in [0.1, 0.15) is 13.3 Å². The molecule has 1 fully saturated rings. The predicted molar refractivity (Wildman–Crippen MR) is 93.2 cm³/mol. The maximum absolute atomic E-state index is 12.1. The first-order chi connectivity index (χ1) is 11.6. The molecule has 128 valence electrons. The summed E-state index contributed by atoms with van der Waals surface area (Å²) in [6.45, 7) is 4.21. The number of carbonyl (C=O) groups excluding carboxylic acids is 1. The van der Waals surface area contributed by atoms with Crippen LogP contribution in [-0.2, 0) is 6.54 Å². The molecule has 0 spiro atoms. The van der Waals surface area contributed by atoms with Gasteiger partial charge in [-0.15, -0.1) is 0 Å². The van der Waals surface area contributed by atoms with Gasteiger partial charge in [0.2, 0.25) is 0 Å². The molecule has 7 nitrogen and oxygen atoms in total. The molecule has 8 heteroatoms. The summed E-state index contributed by atoms with van der Waals surface area (Å²) >= 11 is 6.04. The van der Waals surface area contributed by atoms with Crippen molar-refractivity contribution < 1.29 is 4.79 Å². The quantitative estimate of drug-likeness (QED) is 0.865. The minimum absolute atomic E-state index is 0.0304. The minimum atomic E-state index is -0.152. The molecule has 2 N–H and O–H groups in total. The van der Waals surface area contributed by atoms with Crippen LogP contribution in [0.25, 0.3) is 0 Å². The molecule has 0 bridgehead atoms. The van der Waals surface area contributed by atoms with Crippen molar-refractivity contribution in [3.05, 3.63) is 41.9 Å². The molecule has 1 aromatic heterocycles. The summed E-state index contributed by atoms with van der Waals surface area (Å²) in [7, 11) is 0. The van der Waals surface area contributed by atoms with E-state index < -0.39 is 0 Å². The molecular weight excluding hydrogens is 328 g/mol. The van der Waals surface area contributed by atoms with Crippen LogP contribution in [0.2, 0.25) is 5.02 Å². The van der Waals surface area contributed by atoms with Crippen LogP contribution in [0.5, 0.6) is 0 Å². The van der Waals surface area contributed by atoms with Crippen molar-refractivity contribution >= 4 is 23.3 Å². The summed E-state index contributed by atoms with van der Waals surface area (Å²) in [6, 6.07) is 7.73. The summed E-state index contributed by atoms with van der Waals surface area (Å²) < 4.78 is 1.70. The second-order valence-electron chi connectivity index (χ2n) is 6.05. The topological polar surface area (TPSA) is 75.1 Å². The van der Waals surface area contributed by atoms with E-state index in [-0.39, 0.29) is 18.1 Å². The number of carbonyl (C=O) groups is 1. The van der Waals surface area contributed by atoms with Gasteiger partial charge in [0.1, 0.15) is 12.7 Å². The van der Waals surface area contributed by atoms with Crippen LogP contribution >= 0.6 is 11.6 Å². The van der Waals surface area contributed by atoms with Crippen LogP contribution < -0.4 is 15.5 Å². The van der Waals surface area contributed by atoms with E-state index >= 15 is 0 Å². The lowest BCUT2D eigenvalue weighted by molar-refractivity contribution is 0.233. The third kappa shape index (κ3) is 4.38. The molecule has 2 heterocycles. The highest BCUT2D eigenvalue weighted by Gasteiger charge is 2.24. The number of amides is 2. The molecule has 0 aliphatic carbocycles. The van der Waals surface area contributed by atoms with Gasteiger partial charge in [0, 0.05) is 35.9 Å². The van der Waals surface area contributed by atoms with Gasteiger partial charge in [-0.1, -0.05) is 17.7 Å². The lowest BCUT2D eigenvalue weighted by atomic mass is 10.2. The zero-order valence-electron chi connectivity index (χ0n) is 13.5. The third-order valence-electron chi connectivity index (χ3n) is 4.00. The third-order valence-corrected chi connectivity index (χ3v) is 4.24.